The minimum Gasteiger partial charge on any atom is -0.481 e. The van der Waals surface area contributed by atoms with Crippen molar-refractivity contribution in [1.82, 2.24) is 8.61 Å². The highest BCUT2D eigenvalue weighted by Crippen LogP contribution is 2.28. The van der Waals surface area contributed by atoms with Gasteiger partial charge in [0.1, 0.15) is 0 Å². The molecule has 6 nitrogen and oxygen atoms in total. The van der Waals surface area contributed by atoms with E-state index in [0.717, 1.165) is 11.1 Å². The Morgan fingerprint density at radius 1 is 1.05 bits per heavy atom. The average Bonchev–Trinajstić information content (AvgIpc) is 2.92. The Morgan fingerprint density at radius 3 is 2.05 bits per heavy atom. The molecule has 0 aliphatic carbocycles. The summed E-state index contributed by atoms with van der Waals surface area (Å²) in [6, 6.07) is 7.71. The Hall–Kier alpha value is -1.44. The second-order valence-electron chi connectivity index (χ2n) is 5.56. The minimum atomic E-state index is -3.50. The van der Waals surface area contributed by atoms with E-state index in [9.17, 15) is 13.2 Å². The summed E-state index contributed by atoms with van der Waals surface area (Å²) in [5, 5.41) is 8.98. The van der Waals surface area contributed by atoms with Gasteiger partial charge >= 0.3 is 5.97 Å². The zero-order valence-electron chi connectivity index (χ0n) is 11.6. The minimum absolute atomic E-state index is 0.284. The zero-order chi connectivity index (χ0) is 15.0. The van der Waals surface area contributed by atoms with E-state index in [4.69, 9.17) is 5.11 Å². The van der Waals surface area contributed by atoms with Gasteiger partial charge in [0, 0.05) is 26.2 Å². The lowest BCUT2D eigenvalue weighted by Gasteiger charge is -2.32. The van der Waals surface area contributed by atoms with E-state index in [0.29, 0.717) is 25.9 Å². The van der Waals surface area contributed by atoms with Crippen molar-refractivity contribution >= 4 is 16.2 Å². The van der Waals surface area contributed by atoms with Gasteiger partial charge in [-0.1, -0.05) is 24.3 Å². The normalized spacial score (nSPS) is 21.3. The van der Waals surface area contributed by atoms with Crippen molar-refractivity contribution in [2.75, 3.05) is 13.1 Å². The molecule has 1 saturated heterocycles. The van der Waals surface area contributed by atoms with Crippen LogP contribution >= 0.6 is 0 Å². The van der Waals surface area contributed by atoms with Crippen LogP contribution in [0, 0.1) is 5.92 Å². The van der Waals surface area contributed by atoms with Gasteiger partial charge < -0.3 is 5.11 Å². The molecular weight excluding hydrogens is 292 g/mol. The number of nitrogens with zero attached hydrogens (tertiary/aromatic N) is 2. The Kier molecular flexibility index (Phi) is 3.73. The molecule has 2 aliphatic heterocycles. The van der Waals surface area contributed by atoms with E-state index in [1.54, 1.807) is 0 Å². The average molecular weight is 310 g/mol. The molecule has 0 bridgehead atoms. The smallest absolute Gasteiger partial charge is 0.306 e. The number of fused-ring (bicyclic) bond motifs is 1. The van der Waals surface area contributed by atoms with Crippen molar-refractivity contribution < 1.29 is 18.3 Å². The highest BCUT2D eigenvalue weighted by atomic mass is 32.2. The van der Waals surface area contributed by atoms with Gasteiger partial charge in [-0.15, -0.1) is 0 Å². The topological polar surface area (TPSA) is 77.9 Å². The fourth-order valence-electron chi connectivity index (χ4n) is 2.96. The third-order valence-electron chi connectivity index (χ3n) is 4.27. The fourth-order valence-corrected chi connectivity index (χ4v) is 4.57. The van der Waals surface area contributed by atoms with Crippen LogP contribution in [0.2, 0.25) is 0 Å². The summed E-state index contributed by atoms with van der Waals surface area (Å²) < 4.78 is 28.2. The van der Waals surface area contributed by atoms with Crippen molar-refractivity contribution in [1.29, 1.82) is 0 Å². The van der Waals surface area contributed by atoms with Crippen LogP contribution in [-0.2, 0) is 28.1 Å². The number of piperidine rings is 1. The van der Waals surface area contributed by atoms with Gasteiger partial charge in [0.05, 0.1) is 5.92 Å². The van der Waals surface area contributed by atoms with E-state index < -0.39 is 22.1 Å². The number of carboxylic acids is 1. The second-order valence-corrected chi connectivity index (χ2v) is 7.48. The van der Waals surface area contributed by atoms with Gasteiger partial charge in [-0.2, -0.15) is 17.0 Å². The number of hydrogen-bond acceptors (Lipinski definition) is 3. The Morgan fingerprint density at radius 2 is 1.57 bits per heavy atom. The molecule has 21 heavy (non-hydrogen) atoms. The van der Waals surface area contributed by atoms with Crippen LogP contribution in [0.3, 0.4) is 0 Å². The maximum absolute atomic E-state index is 12.6. The fraction of sp³-hybridized carbons (Fsp3) is 0.500. The summed E-state index contributed by atoms with van der Waals surface area (Å²) in [7, 11) is -3.50. The van der Waals surface area contributed by atoms with Gasteiger partial charge in [-0.3, -0.25) is 4.79 Å². The van der Waals surface area contributed by atoms with Crippen LogP contribution in [0.5, 0.6) is 0 Å². The van der Waals surface area contributed by atoms with Gasteiger partial charge in [-0.05, 0) is 24.0 Å². The number of carboxylic acid groups (broad SMARTS) is 1. The van der Waals surface area contributed by atoms with Gasteiger partial charge in [0.15, 0.2) is 0 Å². The van der Waals surface area contributed by atoms with Crippen molar-refractivity contribution in [3.8, 4) is 0 Å². The van der Waals surface area contributed by atoms with Crippen LogP contribution in [0.4, 0.5) is 0 Å². The molecule has 114 valence electrons. The van der Waals surface area contributed by atoms with E-state index in [2.05, 4.69) is 0 Å². The lowest BCUT2D eigenvalue weighted by molar-refractivity contribution is -0.142. The number of aliphatic carboxylic acids is 1. The van der Waals surface area contributed by atoms with Crippen molar-refractivity contribution in [3.63, 3.8) is 0 Å². The van der Waals surface area contributed by atoms with Crippen LogP contribution in [0.1, 0.15) is 24.0 Å². The summed E-state index contributed by atoms with van der Waals surface area (Å²) in [5.74, 6) is -1.26. The molecule has 0 atom stereocenters. The molecule has 2 aliphatic rings. The first-order chi connectivity index (χ1) is 9.98. The molecule has 0 amide bonds. The summed E-state index contributed by atoms with van der Waals surface area (Å²) in [6.45, 7) is 1.37. The zero-order valence-corrected chi connectivity index (χ0v) is 12.4. The predicted octanol–water partition coefficient (Wildman–Crippen LogP) is 1.04. The first-order valence-corrected chi connectivity index (χ1v) is 8.43. The number of hydrogen-bond donors (Lipinski definition) is 1. The molecule has 0 aromatic heterocycles. The Balaban J connectivity index is 1.70. The van der Waals surface area contributed by atoms with E-state index in [-0.39, 0.29) is 13.1 Å². The van der Waals surface area contributed by atoms with Crippen molar-refractivity contribution in [3.05, 3.63) is 35.4 Å². The van der Waals surface area contributed by atoms with Crippen LogP contribution in [0.15, 0.2) is 24.3 Å². The molecule has 7 heteroatoms. The van der Waals surface area contributed by atoms with E-state index in [1.807, 2.05) is 24.3 Å². The third kappa shape index (κ3) is 2.68. The van der Waals surface area contributed by atoms with Crippen molar-refractivity contribution in [2.24, 2.45) is 5.92 Å². The third-order valence-corrected chi connectivity index (χ3v) is 6.20. The maximum Gasteiger partial charge on any atom is 0.306 e. The molecule has 0 saturated carbocycles. The number of benzene rings is 1. The largest absolute Gasteiger partial charge is 0.481 e. The van der Waals surface area contributed by atoms with Crippen LogP contribution in [0.25, 0.3) is 0 Å². The van der Waals surface area contributed by atoms with Gasteiger partial charge in [-0.25, -0.2) is 0 Å². The summed E-state index contributed by atoms with van der Waals surface area (Å²) in [4.78, 5) is 10.9. The lowest BCUT2D eigenvalue weighted by atomic mass is 9.99. The first kappa shape index (κ1) is 14.5. The Labute approximate surface area is 124 Å². The van der Waals surface area contributed by atoms with Gasteiger partial charge in [0.25, 0.3) is 10.2 Å². The molecular formula is C14H18N2O4S. The lowest BCUT2D eigenvalue weighted by Crippen LogP contribution is -2.46. The maximum atomic E-state index is 12.6. The van der Waals surface area contributed by atoms with Crippen LogP contribution < -0.4 is 0 Å². The van der Waals surface area contributed by atoms with Crippen molar-refractivity contribution in [2.45, 2.75) is 25.9 Å². The van der Waals surface area contributed by atoms with Gasteiger partial charge in [0.2, 0.25) is 0 Å². The van der Waals surface area contributed by atoms with Crippen LogP contribution in [-0.4, -0.2) is 41.2 Å². The molecule has 1 N–H and O–H groups in total. The molecule has 2 heterocycles. The monoisotopic (exact) mass is 310 g/mol. The predicted molar refractivity (Wildman–Crippen MR) is 76.5 cm³/mol. The number of carbonyl (C=O) groups is 1. The standard InChI is InChI=1S/C14H18N2O4S/c17-14(18)11-5-7-15(8-6-11)21(19,20)16-9-12-3-1-2-4-13(12)10-16/h1-4,11H,5-10H2,(H,17,18). The summed E-state index contributed by atoms with van der Waals surface area (Å²) >= 11 is 0. The molecule has 0 radical (unpaired) electrons. The molecule has 0 spiro atoms. The molecule has 0 unspecified atom stereocenters. The quantitative estimate of drug-likeness (QED) is 0.905. The molecule has 1 aromatic carbocycles. The summed E-state index contributed by atoms with van der Waals surface area (Å²) in [6.07, 6.45) is 0.769. The molecule has 1 aromatic rings. The molecule has 3 rings (SSSR count). The van der Waals surface area contributed by atoms with E-state index >= 15 is 0 Å². The highest BCUT2D eigenvalue weighted by Gasteiger charge is 2.37. The second kappa shape index (κ2) is 5.40. The Bertz CT molecular complexity index is 626. The van der Waals surface area contributed by atoms with E-state index in [1.165, 1.54) is 8.61 Å². The SMILES string of the molecule is O=C(O)C1CCN(S(=O)(=O)N2Cc3ccccc3C2)CC1. The first-order valence-electron chi connectivity index (χ1n) is 7.03. The highest BCUT2D eigenvalue weighted by molar-refractivity contribution is 7.86. The summed E-state index contributed by atoms with van der Waals surface area (Å²) in [5.41, 5.74) is 2.09. The molecule has 1 fully saturated rings. The number of rotatable bonds is 3.